The molecule has 3 heteroatoms. The monoisotopic (exact) mass is 184 g/mol. The minimum atomic E-state index is -0.189. The Bertz CT molecular complexity index is 176. The molecule has 0 aliphatic heterocycles. The van der Waals surface area contributed by atoms with Crippen LogP contribution in [0.3, 0.4) is 0 Å². The fourth-order valence-corrected chi connectivity index (χ4v) is 1.06. The van der Waals surface area contributed by atoms with Crippen LogP contribution in [0.5, 0.6) is 0 Å². The first-order valence-corrected chi connectivity index (χ1v) is 4.52. The second kappa shape index (κ2) is 5.98. The normalized spacial score (nSPS) is 17.5. The zero-order valence-electron chi connectivity index (χ0n) is 8.76. The summed E-state index contributed by atoms with van der Waals surface area (Å²) in [5.41, 5.74) is 5.48. The summed E-state index contributed by atoms with van der Waals surface area (Å²) >= 11 is 0. The summed E-state index contributed by atoms with van der Waals surface area (Å²) < 4.78 is 5.24. The standard InChI is InChI=1S/C10H20N2O/c1-5-6-7-12-10(3,8-11)9(2)13-4/h1,9,12H,6-8,11H2,2-4H3. The van der Waals surface area contributed by atoms with Crippen molar-refractivity contribution in [2.75, 3.05) is 20.2 Å². The smallest absolute Gasteiger partial charge is 0.0734 e. The quantitative estimate of drug-likeness (QED) is 0.462. The van der Waals surface area contributed by atoms with Gasteiger partial charge in [-0.3, -0.25) is 0 Å². The van der Waals surface area contributed by atoms with Crippen molar-refractivity contribution in [2.45, 2.75) is 31.9 Å². The molecule has 0 radical (unpaired) electrons. The lowest BCUT2D eigenvalue weighted by molar-refractivity contribution is 0.0425. The second-order valence-corrected chi connectivity index (χ2v) is 3.38. The molecule has 0 spiro atoms. The number of nitrogens with one attached hydrogen (secondary N) is 1. The van der Waals surface area contributed by atoms with E-state index in [4.69, 9.17) is 16.9 Å². The molecule has 3 nitrogen and oxygen atoms in total. The maximum absolute atomic E-state index is 5.67. The van der Waals surface area contributed by atoms with Gasteiger partial charge in [0, 0.05) is 26.6 Å². The first kappa shape index (κ1) is 12.4. The topological polar surface area (TPSA) is 47.3 Å². The van der Waals surface area contributed by atoms with E-state index in [1.165, 1.54) is 0 Å². The van der Waals surface area contributed by atoms with Crippen LogP contribution in [0.25, 0.3) is 0 Å². The third-order valence-electron chi connectivity index (χ3n) is 2.47. The second-order valence-electron chi connectivity index (χ2n) is 3.38. The lowest BCUT2D eigenvalue weighted by Gasteiger charge is -2.34. The number of terminal acetylenes is 1. The number of methoxy groups -OCH3 is 1. The summed E-state index contributed by atoms with van der Waals surface area (Å²) in [5, 5.41) is 3.30. The molecule has 0 amide bonds. The molecule has 0 aliphatic carbocycles. The molecule has 0 saturated carbocycles. The Kier molecular flexibility index (Phi) is 5.72. The fraction of sp³-hybridized carbons (Fsp3) is 0.800. The van der Waals surface area contributed by atoms with Crippen molar-refractivity contribution in [2.24, 2.45) is 5.73 Å². The van der Waals surface area contributed by atoms with Gasteiger partial charge in [-0.15, -0.1) is 12.3 Å². The summed E-state index contributed by atoms with van der Waals surface area (Å²) in [6, 6.07) is 0. The SMILES string of the molecule is C#CCCNC(C)(CN)C(C)OC. The van der Waals surface area contributed by atoms with Gasteiger partial charge in [-0.25, -0.2) is 0 Å². The van der Waals surface area contributed by atoms with Gasteiger partial charge in [0.25, 0.3) is 0 Å². The van der Waals surface area contributed by atoms with Gasteiger partial charge in [-0.1, -0.05) is 0 Å². The van der Waals surface area contributed by atoms with Crippen LogP contribution in [-0.2, 0) is 4.74 Å². The molecule has 0 saturated heterocycles. The van der Waals surface area contributed by atoms with E-state index in [1.807, 2.05) is 13.8 Å². The Morgan fingerprint density at radius 3 is 2.69 bits per heavy atom. The average molecular weight is 184 g/mol. The van der Waals surface area contributed by atoms with E-state index >= 15 is 0 Å². The highest BCUT2D eigenvalue weighted by Crippen LogP contribution is 2.10. The van der Waals surface area contributed by atoms with Crippen molar-refractivity contribution in [3.63, 3.8) is 0 Å². The Balaban J connectivity index is 4.04. The van der Waals surface area contributed by atoms with Crippen LogP contribution < -0.4 is 11.1 Å². The van der Waals surface area contributed by atoms with Crippen LogP contribution in [0.4, 0.5) is 0 Å². The molecule has 0 fully saturated rings. The van der Waals surface area contributed by atoms with Crippen molar-refractivity contribution in [1.29, 1.82) is 0 Å². The summed E-state index contributed by atoms with van der Waals surface area (Å²) in [4.78, 5) is 0. The van der Waals surface area contributed by atoms with Gasteiger partial charge in [0.2, 0.25) is 0 Å². The lowest BCUT2D eigenvalue weighted by Crippen LogP contribution is -2.56. The van der Waals surface area contributed by atoms with Gasteiger partial charge in [0.1, 0.15) is 0 Å². The van der Waals surface area contributed by atoms with Crippen LogP contribution in [0, 0.1) is 12.3 Å². The van der Waals surface area contributed by atoms with Crippen LogP contribution in [0.2, 0.25) is 0 Å². The van der Waals surface area contributed by atoms with Crippen molar-refractivity contribution in [3.8, 4) is 12.3 Å². The summed E-state index contributed by atoms with van der Waals surface area (Å²) in [5.74, 6) is 2.58. The van der Waals surface area contributed by atoms with E-state index in [9.17, 15) is 0 Å². The average Bonchev–Trinajstić information content (AvgIpc) is 2.16. The molecule has 0 aromatic rings. The Labute approximate surface area is 81.0 Å². The molecule has 0 aromatic heterocycles. The van der Waals surface area contributed by atoms with Crippen LogP contribution >= 0.6 is 0 Å². The van der Waals surface area contributed by atoms with Crippen molar-refractivity contribution in [1.82, 2.24) is 5.32 Å². The predicted octanol–water partition coefficient (Wildman–Crippen LogP) is 0.352. The molecule has 3 N–H and O–H groups in total. The van der Waals surface area contributed by atoms with E-state index in [-0.39, 0.29) is 11.6 Å². The Morgan fingerprint density at radius 2 is 2.31 bits per heavy atom. The van der Waals surface area contributed by atoms with Gasteiger partial charge in [0.05, 0.1) is 11.6 Å². The zero-order valence-corrected chi connectivity index (χ0v) is 8.76. The summed E-state index contributed by atoms with van der Waals surface area (Å²) in [6.07, 6.45) is 5.95. The molecule has 0 rings (SSSR count). The highest BCUT2D eigenvalue weighted by atomic mass is 16.5. The Morgan fingerprint density at radius 1 is 1.69 bits per heavy atom. The first-order valence-electron chi connectivity index (χ1n) is 4.52. The molecule has 0 heterocycles. The predicted molar refractivity (Wildman–Crippen MR) is 55.4 cm³/mol. The van der Waals surface area contributed by atoms with Crippen LogP contribution in [-0.4, -0.2) is 31.8 Å². The maximum Gasteiger partial charge on any atom is 0.0734 e. The summed E-state index contributed by atoms with van der Waals surface area (Å²) in [6.45, 7) is 5.35. The van der Waals surface area contributed by atoms with Crippen LogP contribution in [0.15, 0.2) is 0 Å². The molecular weight excluding hydrogens is 164 g/mol. The maximum atomic E-state index is 5.67. The molecule has 76 valence electrons. The van der Waals surface area contributed by atoms with E-state index in [0.29, 0.717) is 13.0 Å². The van der Waals surface area contributed by atoms with Crippen molar-refractivity contribution >= 4 is 0 Å². The third-order valence-corrected chi connectivity index (χ3v) is 2.47. The number of ether oxygens (including phenoxy) is 1. The van der Waals surface area contributed by atoms with Gasteiger partial charge in [0.15, 0.2) is 0 Å². The Hall–Kier alpha value is -0.560. The van der Waals surface area contributed by atoms with Crippen molar-refractivity contribution < 1.29 is 4.74 Å². The van der Waals surface area contributed by atoms with Crippen LogP contribution in [0.1, 0.15) is 20.3 Å². The first-order chi connectivity index (χ1) is 6.10. The molecular formula is C10H20N2O. The molecule has 0 aliphatic rings. The number of nitrogens with two attached hydrogens (primary N) is 1. The minimum Gasteiger partial charge on any atom is -0.380 e. The molecule has 13 heavy (non-hydrogen) atoms. The van der Waals surface area contributed by atoms with Crippen molar-refractivity contribution in [3.05, 3.63) is 0 Å². The van der Waals surface area contributed by atoms with E-state index in [1.54, 1.807) is 7.11 Å². The number of hydrogen-bond donors (Lipinski definition) is 2. The number of hydrogen-bond acceptors (Lipinski definition) is 3. The van der Waals surface area contributed by atoms with E-state index < -0.39 is 0 Å². The summed E-state index contributed by atoms with van der Waals surface area (Å²) in [7, 11) is 1.68. The molecule has 2 unspecified atom stereocenters. The van der Waals surface area contributed by atoms with Gasteiger partial charge in [-0.05, 0) is 13.8 Å². The molecule has 2 atom stereocenters. The zero-order chi connectivity index (χ0) is 10.3. The van der Waals surface area contributed by atoms with Gasteiger partial charge in [-0.2, -0.15) is 0 Å². The third kappa shape index (κ3) is 3.77. The highest BCUT2D eigenvalue weighted by molar-refractivity contribution is 4.92. The highest BCUT2D eigenvalue weighted by Gasteiger charge is 2.28. The number of rotatable bonds is 6. The van der Waals surface area contributed by atoms with E-state index in [0.717, 1.165) is 6.54 Å². The molecule has 0 aromatic carbocycles. The molecule has 0 bridgehead atoms. The van der Waals surface area contributed by atoms with Gasteiger partial charge < -0.3 is 15.8 Å². The minimum absolute atomic E-state index is 0.0790. The van der Waals surface area contributed by atoms with E-state index in [2.05, 4.69) is 11.2 Å². The fourth-order valence-electron chi connectivity index (χ4n) is 1.06. The lowest BCUT2D eigenvalue weighted by atomic mass is 9.96. The largest absolute Gasteiger partial charge is 0.380 e. The van der Waals surface area contributed by atoms with Gasteiger partial charge >= 0.3 is 0 Å².